The summed E-state index contributed by atoms with van der Waals surface area (Å²) in [6.07, 6.45) is 0.517. The summed E-state index contributed by atoms with van der Waals surface area (Å²) in [5, 5.41) is 8.01. The molecule has 0 fully saturated rings. The average Bonchev–Trinajstić information content (AvgIpc) is 3.57. The van der Waals surface area contributed by atoms with Gasteiger partial charge in [-0.05, 0) is 41.3 Å². The summed E-state index contributed by atoms with van der Waals surface area (Å²) in [4.78, 5) is 26.2. The quantitative estimate of drug-likeness (QED) is 0.485. The zero-order chi connectivity index (χ0) is 24.9. The molecule has 0 spiro atoms. The summed E-state index contributed by atoms with van der Waals surface area (Å²) in [5.74, 6) is 0.477. The highest BCUT2D eigenvalue weighted by Crippen LogP contribution is 2.38. The molecule has 2 aromatic carbocycles. The van der Waals surface area contributed by atoms with Crippen molar-refractivity contribution in [2.45, 2.75) is 12.5 Å². The summed E-state index contributed by atoms with van der Waals surface area (Å²) in [6.45, 7) is -0.369. The van der Waals surface area contributed by atoms with Gasteiger partial charge in [0.2, 0.25) is 0 Å². The lowest BCUT2D eigenvalue weighted by atomic mass is 10.0. The molecular formula is C25H25N3O6S. The van der Waals surface area contributed by atoms with E-state index in [1.54, 1.807) is 43.8 Å². The number of hydrogen-bond donors (Lipinski definition) is 1. The fourth-order valence-electron chi connectivity index (χ4n) is 3.87. The van der Waals surface area contributed by atoms with Crippen LogP contribution < -0.4 is 24.7 Å². The Hall–Kier alpha value is -4.05. The number of hydrogen-bond acceptors (Lipinski definition) is 8. The van der Waals surface area contributed by atoms with Crippen LogP contribution in [0, 0.1) is 0 Å². The Labute approximate surface area is 206 Å². The Kier molecular flexibility index (Phi) is 7.21. The van der Waals surface area contributed by atoms with Crippen LogP contribution in [0.2, 0.25) is 0 Å². The number of nitrogens with zero attached hydrogens (tertiary/aromatic N) is 2. The molecule has 3 aromatic rings. The Morgan fingerprint density at radius 3 is 2.46 bits per heavy atom. The molecule has 0 bridgehead atoms. The van der Waals surface area contributed by atoms with Crippen LogP contribution in [0.1, 0.15) is 33.3 Å². The van der Waals surface area contributed by atoms with Gasteiger partial charge in [0.1, 0.15) is 0 Å². The summed E-state index contributed by atoms with van der Waals surface area (Å²) in [5.41, 5.74) is 7.23. The molecule has 1 aromatic heterocycles. The second kappa shape index (κ2) is 10.5. The van der Waals surface area contributed by atoms with Gasteiger partial charge in [-0.2, -0.15) is 5.10 Å². The number of methoxy groups -OCH3 is 3. The Morgan fingerprint density at radius 2 is 1.80 bits per heavy atom. The number of rotatable bonds is 9. The highest BCUT2D eigenvalue weighted by Gasteiger charge is 2.34. The molecule has 2 N–H and O–H groups in total. The molecule has 0 unspecified atom stereocenters. The van der Waals surface area contributed by atoms with Gasteiger partial charge in [0.15, 0.2) is 29.6 Å². The fraction of sp³-hybridized carbons (Fsp3) is 0.240. The third-order valence-corrected chi connectivity index (χ3v) is 6.49. The van der Waals surface area contributed by atoms with Gasteiger partial charge in [0, 0.05) is 6.42 Å². The average molecular weight is 496 g/mol. The molecule has 1 aliphatic heterocycles. The van der Waals surface area contributed by atoms with Crippen LogP contribution in [0.5, 0.6) is 23.0 Å². The van der Waals surface area contributed by atoms with Gasteiger partial charge < -0.3 is 24.7 Å². The van der Waals surface area contributed by atoms with Gasteiger partial charge in [-0.3, -0.25) is 9.59 Å². The summed E-state index contributed by atoms with van der Waals surface area (Å²) in [6, 6.07) is 13.8. The van der Waals surface area contributed by atoms with Crippen molar-refractivity contribution in [1.82, 2.24) is 5.01 Å². The van der Waals surface area contributed by atoms with Crippen molar-refractivity contribution >= 4 is 28.9 Å². The zero-order valence-corrected chi connectivity index (χ0v) is 20.3. The number of thiophene rings is 1. The van der Waals surface area contributed by atoms with Crippen molar-refractivity contribution in [3.63, 3.8) is 0 Å². The van der Waals surface area contributed by atoms with Gasteiger partial charge in [-0.25, -0.2) is 5.01 Å². The fourth-order valence-corrected chi connectivity index (χ4v) is 4.59. The zero-order valence-electron chi connectivity index (χ0n) is 19.5. The molecule has 0 saturated carbocycles. The molecule has 9 nitrogen and oxygen atoms in total. The highest BCUT2D eigenvalue weighted by atomic mass is 32.1. The maximum atomic E-state index is 13.4. The molecule has 182 valence electrons. The topological polar surface area (TPSA) is 113 Å². The SMILES string of the molecule is COc1ccc([C@H]2CC(c3cccs3)=NN2C(=O)COc2c(OC)cccc2C(N)=O)cc1OC. The minimum Gasteiger partial charge on any atom is -0.493 e. The Balaban J connectivity index is 1.63. The van der Waals surface area contributed by atoms with E-state index in [0.29, 0.717) is 23.7 Å². The first-order chi connectivity index (χ1) is 17.0. The van der Waals surface area contributed by atoms with Crippen LogP contribution in [0.25, 0.3) is 0 Å². The molecule has 10 heteroatoms. The standard InChI is InChI=1S/C25H25N3O6S/c1-31-19-10-9-15(12-21(19)33-3)18-13-17(22-8-5-11-35-22)27-28(18)23(29)14-34-24-16(25(26)30)6-4-7-20(24)32-2/h4-12,18H,13-14H2,1-3H3,(H2,26,30)/t18-/m1/s1. The number of ether oxygens (including phenoxy) is 4. The van der Waals surface area contributed by atoms with Crippen molar-refractivity contribution in [3.8, 4) is 23.0 Å². The van der Waals surface area contributed by atoms with Crippen molar-refractivity contribution in [2.75, 3.05) is 27.9 Å². The van der Waals surface area contributed by atoms with Crippen LogP contribution in [0.3, 0.4) is 0 Å². The van der Waals surface area contributed by atoms with Crippen molar-refractivity contribution in [2.24, 2.45) is 10.8 Å². The number of benzene rings is 2. The van der Waals surface area contributed by atoms with Gasteiger partial charge in [0.05, 0.1) is 43.5 Å². The van der Waals surface area contributed by atoms with Crippen LogP contribution in [-0.2, 0) is 4.79 Å². The molecule has 1 atom stereocenters. The number of primary amides is 1. The maximum absolute atomic E-state index is 13.4. The first-order valence-electron chi connectivity index (χ1n) is 10.7. The van der Waals surface area contributed by atoms with E-state index in [1.807, 2.05) is 29.6 Å². The summed E-state index contributed by atoms with van der Waals surface area (Å²) >= 11 is 1.55. The highest BCUT2D eigenvalue weighted by molar-refractivity contribution is 7.12. The smallest absolute Gasteiger partial charge is 0.281 e. The van der Waals surface area contributed by atoms with Gasteiger partial charge in [0.25, 0.3) is 11.8 Å². The van der Waals surface area contributed by atoms with Crippen molar-refractivity contribution < 1.29 is 28.5 Å². The first kappa shape index (κ1) is 24.1. The number of hydrazone groups is 1. The normalized spacial score (nSPS) is 14.9. The van der Waals surface area contributed by atoms with E-state index < -0.39 is 11.8 Å². The van der Waals surface area contributed by atoms with Gasteiger partial charge in [-0.1, -0.05) is 18.2 Å². The van der Waals surface area contributed by atoms with E-state index in [4.69, 9.17) is 24.7 Å². The Bertz CT molecular complexity index is 1260. The van der Waals surface area contributed by atoms with E-state index in [9.17, 15) is 9.59 Å². The van der Waals surface area contributed by atoms with E-state index in [-0.39, 0.29) is 24.0 Å². The molecule has 2 heterocycles. The molecule has 4 rings (SSSR count). The number of para-hydroxylation sites is 1. The van der Waals surface area contributed by atoms with E-state index in [2.05, 4.69) is 5.10 Å². The molecule has 0 saturated heterocycles. The first-order valence-corrected chi connectivity index (χ1v) is 11.6. The summed E-state index contributed by atoms with van der Waals surface area (Å²) < 4.78 is 21.8. The summed E-state index contributed by atoms with van der Waals surface area (Å²) in [7, 11) is 4.57. The third-order valence-electron chi connectivity index (χ3n) is 5.57. The van der Waals surface area contributed by atoms with E-state index in [1.165, 1.54) is 18.2 Å². The lowest BCUT2D eigenvalue weighted by Crippen LogP contribution is -2.32. The maximum Gasteiger partial charge on any atom is 0.281 e. The predicted molar refractivity (Wildman–Crippen MR) is 132 cm³/mol. The van der Waals surface area contributed by atoms with Crippen molar-refractivity contribution in [3.05, 3.63) is 69.9 Å². The van der Waals surface area contributed by atoms with E-state index in [0.717, 1.165) is 16.2 Å². The third kappa shape index (κ3) is 4.92. The molecule has 2 amide bonds. The second-order valence-corrected chi connectivity index (χ2v) is 8.53. The van der Waals surface area contributed by atoms with Gasteiger partial charge in [-0.15, -0.1) is 11.3 Å². The molecule has 35 heavy (non-hydrogen) atoms. The number of nitrogens with two attached hydrogens (primary N) is 1. The number of carbonyl (C=O) groups excluding carboxylic acids is 2. The molecular weight excluding hydrogens is 470 g/mol. The Morgan fingerprint density at radius 1 is 1.03 bits per heavy atom. The van der Waals surface area contributed by atoms with Crippen LogP contribution in [0.4, 0.5) is 0 Å². The minimum absolute atomic E-state index is 0.111. The number of carbonyl (C=O) groups is 2. The monoisotopic (exact) mass is 495 g/mol. The predicted octanol–water partition coefficient (Wildman–Crippen LogP) is 3.63. The van der Waals surface area contributed by atoms with Crippen molar-refractivity contribution in [1.29, 1.82) is 0 Å². The molecule has 0 aliphatic carbocycles. The second-order valence-electron chi connectivity index (χ2n) is 7.59. The number of amides is 2. The van der Waals surface area contributed by atoms with Crippen LogP contribution >= 0.6 is 11.3 Å². The molecule has 1 aliphatic rings. The minimum atomic E-state index is -0.686. The van der Waals surface area contributed by atoms with Crippen LogP contribution in [-0.4, -0.2) is 50.5 Å². The lowest BCUT2D eigenvalue weighted by molar-refractivity contribution is -0.135. The lowest BCUT2D eigenvalue weighted by Gasteiger charge is -2.23. The van der Waals surface area contributed by atoms with Gasteiger partial charge >= 0.3 is 0 Å². The van der Waals surface area contributed by atoms with E-state index >= 15 is 0 Å². The van der Waals surface area contributed by atoms with Crippen LogP contribution in [0.15, 0.2) is 59.0 Å². The molecule has 0 radical (unpaired) electrons. The largest absolute Gasteiger partial charge is 0.493 e.